The van der Waals surface area contributed by atoms with E-state index in [1.807, 2.05) is 57.2 Å². The van der Waals surface area contributed by atoms with Crippen molar-refractivity contribution < 1.29 is 17.2 Å². The number of hydrogen-bond acceptors (Lipinski definition) is 7. The normalized spacial score (nSPS) is 15.9. The first-order valence-electron chi connectivity index (χ1n) is 11.4. The summed E-state index contributed by atoms with van der Waals surface area (Å²) in [4.78, 5) is 31.3. The van der Waals surface area contributed by atoms with Gasteiger partial charge in [-0.3, -0.25) is 10.2 Å². The molecule has 1 aromatic carbocycles. The quantitative estimate of drug-likeness (QED) is 0.532. The van der Waals surface area contributed by atoms with Crippen LogP contribution in [-0.2, 0) is 4.74 Å². The third kappa shape index (κ3) is 5.92. The molecule has 0 saturated carbocycles. The van der Waals surface area contributed by atoms with Gasteiger partial charge in [0.2, 0.25) is 0 Å². The summed E-state index contributed by atoms with van der Waals surface area (Å²) in [5.41, 5.74) is 11.4. The van der Waals surface area contributed by atoms with E-state index in [1.165, 1.54) is 0 Å². The predicted octanol–water partition coefficient (Wildman–Crippen LogP) is 4.26. The molecule has 4 rings (SSSR count). The molecule has 1 fully saturated rings. The van der Waals surface area contributed by atoms with Crippen LogP contribution in [0.2, 0.25) is 0 Å². The van der Waals surface area contributed by atoms with Crippen molar-refractivity contribution in [2.45, 2.75) is 45.6 Å². The summed E-state index contributed by atoms with van der Waals surface area (Å²) in [7, 11) is 0. The van der Waals surface area contributed by atoms with Gasteiger partial charge in [0.1, 0.15) is 5.60 Å². The molecule has 2 aliphatic heterocycles. The number of carbonyl (C=O) groups excluding carboxylic acids is 2. The van der Waals surface area contributed by atoms with Crippen molar-refractivity contribution in [2.24, 2.45) is 5.92 Å². The van der Waals surface area contributed by atoms with Crippen molar-refractivity contribution in [3.63, 3.8) is 0 Å². The molecule has 4 N–H and O–H groups in total. The molecule has 0 spiro atoms. The minimum atomic E-state index is -0.475. The lowest BCUT2D eigenvalue weighted by Crippen LogP contribution is -2.42. The zero-order chi connectivity index (χ0) is 23.4. The van der Waals surface area contributed by atoms with E-state index in [4.69, 9.17) is 4.74 Å². The average molecular weight is 457 g/mol. The Balaban J connectivity index is 0.00000216. The Hall–Kier alpha value is -3.33. The molecule has 0 bridgehead atoms. The summed E-state index contributed by atoms with van der Waals surface area (Å²) < 4.78 is 5.45. The lowest BCUT2D eigenvalue weighted by Gasteiger charge is -2.33. The molecule has 3 heterocycles. The van der Waals surface area contributed by atoms with Crippen molar-refractivity contribution in [1.29, 1.82) is 0 Å². The number of aromatic nitrogens is 1. The van der Waals surface area contributed by atoms with Gasteiger partial charge in [-0.05, 0) is 70.2 Å². The predicted molar refractivity (Wildman–Crippen MR) is 132 cm³/mol. The monoisotopic (exact) mass is 456 g/mol. The summed E-state index contributed by atoms with van der Waals surface area (Å²) >= 11 is 0. The number of nitrogens with zero attached hydrogens (tertiary/aromatic N) is 2. The number of nitrogens with one attached hydrogen (secondary N) is 4. The van der Waals surface area contributed by atoms with Crippen LogP contribution in [0.15, 0.2) is 36.4 Å². The Labute approximate surface area is 197 Å². The van der Waals surface area contributed by atoms with Crippen molar-refractivity contribution in [2.75, 3.05) is 30.5 Å². The van der Waals surface area contributed by atoms with Crippen LogP contribution >= 0.6 is 0 Å². The highest BCUT2D eigenvalue weighted by atomic mass is 16.6. The maximum atomic E-state index is 12.7. The maximum absolute atomic E-state index is 12.7. The number of pyridine rings is 1. The van der Waals surface area contributed by atoms with E-state index in [0.29, 0.717) is 31.1 Å². The third-order valence-electron chi connectivity index (χ3n) is 5.80. The highest BCUT2D eigenvalue weighted by Crippen LogP contribution is 2.27. The van der Waals surface area contributed by atoms with Crippen molar-refractivity contribution in [3.8, 4) is 11.3 Å². The van der Waals surface area contributed by atoms with Gasteiger partial charge in [-0.1, -0.05) is 12.1 Å². The summed E-state index contributed by atoms with van der Waals surface area (Å²) in [6.45, 7) is 7.64. The smallest absolute Gasteiger partial charge is 0.410 e. The molecule has 2 aliphatic rings. The Kier molecular flexibility index (Phi) is 6.69. The number of amides is 2. The van der Waals surface area contributed by atoms with Gasteiger partial charge in [-0.15, -0.1) is 5.53 Å². The highest BCUT2D eigenvalue weighted by Gasteiger charge is 2.26. The van der Waals surface area contributed by atoms with Crippen LogP contribution in [-0.4, -0.2) is 47.1 Å². The second kappa shape index (κ2) is 9.66. The van der Waals surface area contributed by atoms with E-state index < -0.39 is 5.60 Å². The zero-order valence-corrected chi connectivity index (χ0v) is 19.4. The molecule has 1 aromatic heterocycles. The number of carbonyl (C=O) groups is 2. The molecule has 0 aliphatic carbocycles. The minimum absolute atomic E-state index is 0. The molecular formula is C24H36N6O3. The van der Waals surface area contributed by atoms with Crippen molar-refractivity contribution in [3.05, 3.63) is 42.0 Å². The standard InChI is InChI=1S/C24H32N6O3.2H2/c1-24(2,3)33-23(32)30-13-10-16(11-14-30)9-12-25-22(31)18-6-4-5-17(15-18)19-7-8-20-21(26-19)28-29-27-20;;/h4-8,15-16,27,29H,9-14H2,1-3H3,(H,25,31)(H,26,28);2*1H. The van der Waals surface area contributed by atoms with Crippen LogP contribution in [0, 0.1) is 5.92 Å². The number of piperidine rings is 1. The molecular weight excluding hydrogens is 420 g/mol. The van der Waals surface area contributed by atoms with Gasteiger partial charge in [0.05, 0.1) is 11.4 Å². The lowest BCUT2D eigenvalue weighted by atomic mass is 9.93. The first-order valence-corrected chi connectivity index (χ1v) is 11.4. The van der Waals surface area contributed by atoms with Crippen LogP contribution in [0.3, 0.4) is 0 Å². The molecule has 1 saturated heterocycles. The van der Waals surface area contributed by atoms with E-state index in [-0.39, 0.29) is 14.9 Å². The van der Waals surface area contributed by atoms with Gasteiger partial charge < -0.3 is 20.4 Å². The first-order chi connectivity index (χ1) is 15.8. The van der Waals surface area contributed by atoms with Crippen LogP contribution in [0.4, 0.5) is 16.3 Å². The van der Waals surface area contributed by atoms with E-state index in [9.17, 15) is 9.59 Å². The number of fused-ring (bicyclic) bond motifs is 1. The lowest BCUT2D eigenvalue weighted by molar-refractivity contribution is 0.0182. The molecule has 180 valence electrons. The number of likely N-dealkylation sites (tertiary alicyclic amines) is 1. The number of ether oxygens (including phenoxy) is 1. The van der Waals surface area contributed by atoms with E-state index in [2.05, 4.69) is 26.7 Å². The first kappa shape index (κ1) is 22.8. The van der Waals surface area contributed by atoms with Crippen LogP contribution in [0.1, 0.15) is 53.2 Å². The van der Waals surface area contributed by atoms with Crippen LogP contribution in [0.25, 0.3) is 11.3 Å². The Morgan fingerprint density at radius 3 is 2.73 bits per heavy atom. The second-order valence-corrected chi connectivity index (χ2v) is 9.50. The molecule has 0 atom stereocenters. The number of hydrogen-bond donors (Lipinski definition) is 4. The Morgan fingerprint density at radius 1 is 1.18 bits per heavy atom. The molecule has 2 amide bonds. The van der Waals surface area contributed by atoms with Crippen LogP contribution in [0.5, 0.6) is 0 Å². The Morgan fingerprint density at radius 2 is 1.97 bits per heavy atom. The Bertz CT molecular complexity index is 1020. The fourth-order valence-corrected chi connectivity index (χ4v) is 4.02. The number of anilines is 2. The SMILES string of the molecule is CC(C)(C)OC(=O)N1CCC(CCNC(=O)c2cccc(-c3ccc4c(n3)NNN4)c2)CC1.[HH].[HH]. The summed E-state index contributed by atoms with van der Waals surface area (Å²) in [5, 5.41) is 3.03. The summed E-state index contributed by atoms with van der Waals surface area (Å²) in [5.74, 6) is 1.12. The largest absolute Gasteiger partial charge is 0.444 e. The van der Waals surface area contributed by atoms with Gasteiger partial charge in [0.15, 0.2) is 5.82 Å². The number of benzene rings is 1. The van der Waals surface area contributed by atoms with E-state index in [0.717, 1.165) is 42.0 Å². The average Bonchev–Trinajstić information content (AvgIpc) is 3.26. The topological polar surface area (TPSA) is 108 Å². The number of rotatable bonds is 5. The van der Waals surface area contributed by atoms with E-state index in [1.54, 1.807) is 4.90 Å². The zero-order valence-electron chi connectivity index (χ0n) is 19.4. The maximum Gasteiger partial charge on any atom is 0.410 e. The number of hydrazine groups is 2. The molecule has 0 unspecified atom stereocenters. The molecule has 2 aromatic rings. The minimum Gasteiger partial charge on any atom is -0.444 e. The van der Waals surface area contributed by atoms with Crippen molar-refractivity contribution in [1.82, 2.24) is 20.7 Å². The third-order valence-corrected chi connectivity index (χ3v) is 5.80. The van der Waals surface area contributed by atoms with Gasteiger partial charge in [-0.2, -0.15) is 0 Å². The molecule has 0 radical (unpaired) electrons. The van der Waals surface area contributed by atoms with Gasteiger partial charge in [-0.25, -0.2) is 9.78 Å². The van der Waals surface area contributed by atoms with Crippen LogP contribution < -0.4 is 21.7 Å². The highest BCUT2D eigenvalue weighted by molar-refractivity contribution is 5.95. The fourth-order valence-electron chi connectivity index (χ4n) is 4.02. The summed E-state index contributed by atoms with van der Waals surface area (Å²) in [6.07, 6.45) is 2.50. The summed E-state index contributed by atoms with van der Waals surface area (Å²) in [6, 6.07) is 11.3. The van der Waals surface area contributed by atoms with E-state index >= 15 is 0 Å². The van der Waals surface area contributed by atoms with Gasteiger partial charge in [0.25, 0.3) is 5.91 Å². The molecule has 33 heavy (non-hydrogen) atoms. The van der Waals surface area contributed by atoms with Crippen molar-refractivity contribution >= 4 is 23.5 Å². The molecule has 9 nitrogen and oxygen atoms in total. The second-order valence-electron chi connectivity index (χ2n) is 9.50. The molecule has 9 heteroatoms. The van der Waals surface area contributed by atoms with Gasteiger partial charge in [0, 0.05) is 33.6 Å². The fraction of sp³-hybridized carbons (Fsp3) is 0.458. The van der Waals surface area contributed by atoms with Gasteiger partial charge >= 0.3 is 6.09 Å².